The van der Waals surface area contributed by atoms with Crippen LogP contribution in [-0.4, -0.2) is 61.7 Å². The van der Waals surface area contributed by atoms with Gasteiger partial charge in [-0.1, -0.05) is 20.8 Å². The molecule has 17 heavy (non-hydrogen) atoms. The molecule has 0 bridgehead atoms. The molecule has 1 saturated heterocycles. The molecule has 2 unspecified atom stereocenters. The van der Waals surface area contributed by atoms with Crippen LogP contribution in [0.1, 0.15) is 34.1 Å². The Bertz CT molecular complexity index is 192. The van der Waals surface area contributed by atoms with E-state index in [1.807, 2.05) is 0 Å². The molecule has 0 saturated carbocycles. The lowest BCUT2D eigenvalue weighted by Crippen LogP contribution is -2.41. The van der Waals surface area contributed by atoms with Crippen LogP contribution in [0.15, 0.2) is 0 Å². The number of hydrogen-bond acceptors (Lipinski definition) is 3. The summed E-state index contributed by atoms with van der Waals surface area (Å²) in [7, 11) is 0. The summed E-state index contributed by atoms with van der Waals surface area (Å²) in [5.41, 5.74) is 0. The molecule has 0 spiro atoms. The molecule has 0 radical (unpaired) electrons. The average molecular weight is 241 g/mol. The van der Waals surface area contributed by atoms with E-state index < -0.39 is 0 Å². The number of nitrogens with one attached hydrogen (secondary N) is 1. The second kappa shape index (κ2) is 8.06. The topological polar surface area (TPSA) is 18.5 Å². The molecular weight excluding hydrogens is 210 g/mol. The SMILES string of the molecule is CCNCC1CCN(C(C)CN(CC)CC)C1. The summed E-state index contributed by atoms with van der Waals surface area (Å²) in [5.74, 6) is 0.870. The van der Waals surface area contributed by atoms with Gasteiger partial charge in [0.25, 0.3) is 0 Å². The minimum atomic E-state index is 0.710. The zero-order valence-electron chi connectivity index (χ0n) is 12.2. The van der Waals surface area contributed by atoms with Crippen molar-refractivity contribution in [1.82, 2.24) is 15.1 Å². The van der Waals surface area contributed by atoms with Crippen LogP contribution in [0.3, 0.4) is 0 Å². The molecule has 0 aliphatic carbocycles. The van der Waals surface area contributed by atoms with Gasteiger partial charge in [0, 0.05) is 19.1 Å². The van der Waals surface area contributed by atoms with Crippen molar-refractivity contribution in [2.24, 2.45) is 5.92 Å². The van der Waals surface area contributed by atoms with Crippen LogP contribution in [0, 0.1) is 5.92 Å². The number of likely N-dealkylation sites (tertiary alicyclic amines) is 1. The third kappa shape index (κ3) is 4.94. The highest BCUT2D eigenvalue weighted by Crippen LogP contribution is 2.18. The highest BCUT2D eigenvalue weighted by Gasteiger charge is 2.26. The highest BCUT2D eigenvalue weighted by molar-refractivity contribution is 4.81. The van der Waals surface area contributed by atoms with E-state index in [1.54, 1.807) is 0 Å². The van der Waals surface area contributed by atoms with Crippen molar-refractivity contribution in [3.8, 4) is 0 Å². The summed E-state index contributed by atoms with van der Waals surface area (Å²) in [5, 5.41) is 3.48. The first-order valence-electron chi connectivity index (χ1n) is 7.38. The fourth-order valence-corrected chi connectivity index (χ4v) is 2.75. The van der Waals surface area contributed by atoms with Crippen LogP contribution in [0.5, 0.6) is 0 Å². The van der Waals surface area contributed by atoms with E-state index in [4.69, 9.17) is 0 Å². The molecule has 1 aliphatic rings. The molecule has 3 heteroatoms. The Balaban J connectivity index is 2.27. The van der Waals surface area contributed by atoms with Crippen molar-refractivity contribution in [3.05, 3.63) is 0 Å². The van der Waals surface area contributed by atoms with Crippen LogP contribution in [0.25, 0.3) is 0 Å². The van der Waals surface area contributed by atoms with Gasteiger partial charge >= 0.3 is 0 Å². The molecule has 0 aromatic heterocycles. The van der Waals surface area contributed by atoms with Crippen molar-refractivity contribution < 1.29 is 0 Å². The molecule has 0 aromatic carbocycles. The molecule has 102 valence electrons. The van der Waals surface area contributed by atoms with Crippen molar-refractivity contribution in [3.63, 3.8) is 0 Å². The van der Waals surface area contributed by atoms with Gasteiger partial charge in [0.15, 0.2) is 0 Å². The minimum absolute atomic E-state index is 0.710. The largest absolute Gasteiger partial charge is 0.317 e. The van der Waals surface area contributed by atoms with Gasteiger partial charge in [-0.3, -0.25) is 4.90 Å². The molecule has 0 aromatic rings. The molecule has 0 amide bonds. The van der Waals surface area contributed by atoms with Crippen molar-refractivity contribution in [2.75, 3.05) is 45.8 Å². The van der Waals surface area contributed by atoms with Crippen molar-refractivity contribution >= 4 is 0 Å². The zero-order chi connectivity index (χ0) is 12.7. The smallest absolute Gasteiger partial charge is 0.0195 e. The number of nitrogens with zero attached hydrogens (tertiary/aromatic N) is 2. The lowest BCUT2D eigenvalue weighted by Gasteiger charge is -2.29. The van der Waals surface area contributed by atoms with Crippen molar-refractivity contribution in [1.29, 1.82) is 0 Å². The van der Waals surface area contributed by atoms with Crippen LogP contribution in [0.4, 0.5) is 0 Å². The van der Waals surface area contributed by atoms with E-state index in [-0.39, 0.29) is 0 Å². The van der Waals surface area contributed by atoms with E-state index in [0.29, 0.717) is 6.04 Å². The molecule has 1 rings (SSSR count). The maximum absolute atomic E-state index is 3.48. The summed E-state index contributed by atoms with van der Waals surface area (Å²) >= 11 is 0. The Hall–Kier alpha value is -0.120. The summed E-state index contributed by atoms with van der Waals surface area (Å²) in [6.45, 7) is 17.5. The maximum atomic E-state index is 3.48. The third-order valence-corrected chi connectivity index (χ3v) is 4.04. The van der Waals surface area contributed by atoms with Gasteiger partial charge in [0.2, 0.25) is 0 Å². The summed E-state index contributed by atoms with van der Waals surface area (Å²) < 4.78 is 0. The maximum Gasteiger partial charge on any atom is 0.0195 e. The molecule has 3 nitrogen and oxygen atoms in total. The molecule has 1 heterocycles. The monoisotopic (exact) mass is 241 g/mol. The first kappa shape index (κ1) is 14.9. The molecule has 1 fully saturated rings. The molecule has 1 aliphatic heterocycles. The minimum Gasteiger partial charge on any atom is -0.317 e. The van der Waals surface area contributed by atoms with E-state index in [2.05, 4.69) is 42.8 Å². The Kier molecular flexibility index (Phi) is 7.09. The standard InChI is InChI=1S/C14H31N3/c1-5-15-10-14-8-9-17(12-14)13(4)11-16(6-2)7-3/h13-15H,5-12H2,1-4H3. The number of rotatable bonds is 8. The molecular formula is C14H31N3. The summed E-state index contributed by atoms with van der Waals surface area (Å²) in [6, 6.07) is 0.710. The Labute approximate surface area is 108 Å². The Morgan fingerprint density at radius 1 is 1.29 bits per heavy atom. The predicted molar refractivity (Wildman–Crippen MR) is 75.5 cm³/mol. The van der Waals surface area contributed by atoms with Crippen molar-refractivity contribution in [2.45, 2.75) is 40.2 Å². The van der Waals surface area contributed by atoms with E-state index in [0.717, 1.165) is 12.5 Å². The van der Waals surface area contributed by atoms with Gasteiger partial charge < -0.3 is 10.2 Å². The van der Waals surface area contributed by atoms with Gasteiger partial charge in [-0.05, 0) is 52.0 Å². The first-order valence-corrected chi connectivity index (χ1v) is 7.38. The van der Waals surface area contributed by atoms with Crippen LogP contribution in [0.2, 0.25) is 0 Å². The third-order valence-electron chi connectivity index (χ3n) is 4.04. The van der Waals surface area contributed by atoms with E-state index in [9.17, 15) is 0 Å². The fraction of sp³-hybridized carbons (Fsp3) is 1.00. The highest BCUT2D eigenvalue weighted by atomic mass is 15.2. The predicted octanol–water partition coefficient (Wildman–Crippen LogP) is 1.65. The van der Waals surface area contributed by atoms with Crippen LogP contribution >= 0.6 is 0 Å². The van der Waals surface area contributed by atoms with E-state index in [1.165, 1.54) is 45.7 Å². The number of likely N-dealkylation sites (N-methyl/N-ethyl adjacent to an activating group) is 1. The first-order chi connectivity index (χ1) is 8.21. The normalized spacial score (nSPS) is 23.5. The summed E-state index contributed by atoms with van der Waals surface area (Å²) in [6.07, 6.45) is 1.37. The Morgan fingerprint density at radius 3 is 2.59 bits per heavy atom. The summed E-state index contributed by atoms with van der Waals surface area (Å²) in [4.78, 5) is 5.20. The average Bonchev–Trinajstić information content (AvgIpc) is 2.82. The van der Waals surface area contributed by atoms with E-state index >= 15 is 0 Å². The van der Waals surface area contributed by atoms with Crippen LogP contribution in [-0.2, 0) is 0 Å². The second-order valence-electron chi connectivity index (χ2n) is 5.29. The second-order valence-corrected chi connectivity index (χ2v) is 5.29. The quantitative estimate of drug-likeness (QED) is 0.697. The number of hydrogen-bond donors (Lipinski definition) is 1. The van der Waals surface area contributed by atoms with Crippen LogP contribution < -0.4 is 5.32 Å². The molecule has 1 N–H and O–H groups in total. The van der Waals surface area contributed by atoms with Gasteiger partial charge in [0.05, 0.1) is 0 Å². The zero-order valence-corrected chi connectivity index (χ0v) is 12.2. The van der Waals surface area contributed by atoms with Gasteiger partial charge in [-0.15, -0.1) is 0 Å². The Morgan fingerprint density at radius 2 is 2.00 bits per heavy atom. The van der Waals surface area contributed by atoms with Gasteiger partial charge in [-0.25, -0.2) is 0 Å². The van der Waals surface area contributed by atoms with Gasteiger partial charge in [-0.2, -0.15) is 0 Å². The lowest BCUT2D eigenvalue weighted by atomic mass is 10.1. The lowest BCUT2D eigenvalue weighted by molar-refractivity contribution is 0.176. The fourth-order valence-electron chi connectivity index (χ4n) is 2.75. The molecule has 2 atom stereocenters. The van der Waals surface area contributed by atoms with Gasteiger partial charge in [0.1, 0.15) is 0 Å².